The van der Waals surface area contributed by atoms with Gasteiger partial charge < -0.3 is 15.2 Å². The van der Waals surface area contributed by atoms with Crippen LogP contribution in [-0.2, 0) is 15.9 Å². The molecule has 112 valence electrons. The minimum Gasteiger partial charge on any atom is -0.381 e. The number of halogens is 1. The van der Waals surface area contributed by atoms with Crippen molar-refractivity contribution in [1.82, 2.24) is 0 Å². The molecule has 1 fully saturated rings. The van der Waals surface area contributed by atoms with Crippen LogP contribution in [0.5, 0.6) is 0 Å². The molecule has 1 atom stereocenters. The van der Waals surface area contributed by atoms with Crippen LogP contribution in [0, 0.1) is 12.7 Å². The topological polar surface area (TPSA) is 44.5 Å². The molecule has 0 aromatic heterocycles. The first kappa shape index (κ1) is 15.4. The third-order valence-electron chi connectivity index (χ3n) is 4.20. The van der Waals surface area contributed by atoms with Crippen molar-refractivity contribution in [2.24, 2.45) is 5.73 Å². The van der Waals surface area contributed by atoms with Crippen LogP contribution in [0.4, 0.5) is 4.39 Å². The van der Waals surface area contributed by atoms with Gasteiger partial charge in [-0.3, -0.25) is 0 Å². The summed E-state index contributed by atoms with van der Waals surface area (Å²) in [6.07, 6.45) is 2.23. The molecule has 0 spiro atoms. The molecule has 3 nitrogen and oxygen atoms in total. The second-order valence-electron chi connectivity index (χ2n) is 5.49. The quantitative estimate of drug-likeness (QED) is 0.902. The highest BCUT2D eigenvalue weighted by atomic mass is 19.1. The van der Waals surface area contributed by atoms with Crippen molar-refractivity contribution in [3.8, 4) is 0 Å². The lowest BCUT2D eigenvalue weighted by atomic mass is 9.82. The number of ether oxygens (including phenoxy) is 2. The molecule has 4 heteroatoms. The Balaban J connectivity index is 2.15. The fourth-order valence-corrected chi connectivity index (χ4v) is 2.91. The summed E-state index contributed by atoms with van der Waals surface area (Å²) in [5.41, 5.74) is 8.11. The molecule has 1 aliphatic heterocycles. The average Bonchev–Trinajstić information content (AvgIpc) is 2.44. The van der Waals surface area contributed by atoms with Gasteiger partial charge in [0.2, 0.25) is 0 Å². The Morgan fingerprint density at radius 1 is 1.40 bits per heavy atom. The van der Waals surface area contributed by atoms with E-state index in [1.54, 1.807) is 12.1 Å². The summed E-state index contributed by atoms with van der Waals surface area (Å²) in [5, 5.41) is 0. The molecule has 20 heavy (non-hydrogen) atoms. The zero-order valence-electron chi connectivity index (χ0n) is 12.3. The van der Waals surface area contributed by atoms with Gasteiger partial charge in [-0.1, -0.05) is 6.07 Å². The zero-order valence-corrected chi connectivity index (χ0v) is 12.3. The number of benzene rings is 1. The van der Waals surface area contributed by atoms with Crippen molar-refractivity contribution in [3.05, 3.63) is 35.1 Å². The standard InChI is InChI=1S/C16H24FNO2/c1-3-20-16(6-8-19-9-7-16)15(18)11-13-10-14(17)5-4-12(13)2/h4-5,10,15H,3,6-9,11,18H2,1-2H3. The van der Waals surface area contributed by atoms with Gasteiger partial charge in [-0.15, -0.1) is 0 Å². The lowest BCUT2D eigenvalue weighted by Crippen LogP contribution is -2.54. The van der Waals surface area contributed by atoms with Crippen LogP contribution in [0.3, 0.4) is 0 Å². The third-order valence-corrected chi connectivity index (χ3v) is 4.20. The van der Waals surface area contributed by atoms with Crippen molar-refractivity contribution in [1.29, 1.82) is 0 Å². The smallest absolute Gasteiger partial charge is 0.123 e. The number of rotatable bonds is 5. The third kappa shape index (κ3) is 3.37. The summed E-state index contributed by atoms with van der Waals surface area (Å²) >= 11 is 0. The maximum atomic E-state index is 13.4. The molecule has 2 rings (SSSR count). The Morgan fingerprint density at radius 3 is 2.75 bits per heavy atom. The Kier molecular flexibility index (Phi) is 5.13. The SMILES string of the molecule is CCOC1(C(N)Cc2cc(F)ccc2C)CCOCC1. The predicted octanol–water partition coefficient (Wildman–Crippen LogP) is 2.59. The van der Waals surface area contributed by atoms with E-state index in [9.17, 15) is 4.39 Å². The largest absolute Gasteiger partial charge is 0.381 e. The van der Waals surface area contributed by atoms with Gasteiger partial charge in [0.15, 0.2) is 0 Å². The van der Waals surface area contributed by atoms with E-state index < -0.39 is 0 Å². The maximum absolute atomic E-state index is 13.4. The summed E-state index contributed by atoms with van der Waals surface area (Å²) in [4.78, 5) is 0. The summed E-state index contributed by atoms with van der Waals surface area (Å²) < 4.78 is 24.8. The van der Waals surface area contributed by atoms with Crippen LogP contribution >= 0.6 is 0 Å². The molecule has 2 N–H and O–H groups in total. The molecule has 1 heterocycles. The molecule has 1 aromatic carbocycles. The zero-order chi connectivity index (χ0) is 14.6. The lowest BCUT2D eigenvalue weighted by Gasteiger charge is -2.41. The van der Waals surface area contributed by atoms with Gasteiger partial charge in [0.05, 0.1) is 5.60 Å². The molecule has 0 aliphatic carbocycles. The van der Waals surface area contributed by atoms with Crippen molar-refractivity contribution in [3.63, 3.8) is 0 Å². The van der Waals surface area contributed by atoms with E-state index >= 15 is 0 Å². The van der Waals surface area contributed by atoms with Gasteiger partial charge >= 0.3 is 0 Å². The first-order chi connectivity index (χ1) is 9.57. The Bertz CT molecular complexity index is 439. The number of hydrogen-bond donors (Lipinski definition) is 1. The summed E-state index contributed by atoms with van der Waals surface area (Å²) in [6, 6.07) is 4.71. The van der Waals surface area contributed by atoms with Crippen LogP contribution < -0.4 is 5.73 Å². The van der Waals surface area contributed by atoms with Crippen molar-refractivity contribution in [2.45, 2.75) is 44.8 Å². The first-order valence-corrected chi connectivity index (χ1v) is 7.30. The Morgan fingerprint density at radius 2 is 2.10 bits per heavy atom. The van der Waals surface area contributed by atoms with Gasteiger partial charge in [-0.05, 0) is 43.5 Å². The fourth-order valence-electron chi connectivity index (χ4n) is 2.91. The normalized spacial score (nSPS) is 19.8. The van der Waals surface area contributed by atoms with Crippen molar-refractivity contribution < 1.29 is 13.9 Å². The molecule has 1 aromatic rings. The van der Waals surface area contributed by atoms with Gasteiger partial charge in [0.1, 0.15) is 5.82 Å². The lowest BCUT2D eigenvalue weighted by molar-refractivity contribution is -0.120. The highest BCUT2D eigenvalue weighted by Gasteiger charge is 2.39. The highest BCUT2D eigenvalue weighted by molar-refractivity contribution is 5.28. The van der Waals surface area contributed by atoms with E-state index in [4.69, 9.17) is 15.2 Å². The number of hydrogen-bond acceptors (Lipinski definition) is 3. The summed E-state index contributed by atoms with van der Waals surface area (Å²) in [5.74, 6) is -0.213. The molecule has 0 bridgehead atoms. The highest BCUT2D eigenvalue weighted by Crippen LogP contribution is 2.30. The van der Waals surface area contributed by atoms with Crippen LogP contribution in [0.2, 0.25) is 0 Å². The molecule has 0 saturated carbocycles. The molecule has 1 unspecified atom stereocenters. The van der Waals surface area contributed by atoms with Crippen LogP contribution in [-0.4, -0.2) is 31.5 Å². The van der Waals surface area contributed by atoms with Gasteiger partial charge in [0.25, 0.3) is 0 Å². The Hall–Kier alpha value is -0.970. The van der Waals surface area contributed by atoms with Crippen molar-refractivity contribution in [2.75, 3.05) is 19.8 Å². The molecule has 0 amide bonds. The average molecular weight is 281 g/mol. The Labute approximate surface area is 120 Å². The van der Waals surface area contributed by atoms with E-state index in [2.05, 4.69) is 0 Å². The molecular formula is C16H24FNO2. The second-order valence-corrected chi connectivity index (χ2v) is 5.49. The summed E-state index contributed by atoms with van der Waals surface area (Å²) in [7, 11) is 0. The molecule has 0 radical (unpaired) electrons. The number of nitrogens with two attached hydrogens (primary N) is 1. The van der Waals surface area contributed by atoms with Gasteiger partial charge in [0, 0.05) is 38.7 Å². The van der Waals surface area contributed by atoms with Gasteiger partial charge in [-0.2, -0.15) is 0 Å². The van der Waals surface area contributed by atoms with Crippen LogP contribution in [0.25, 0.3) is 0 Å². The van der Waals surface area contributed by atoms with E-state index in [0.717, 1.165) is 24.0 Å². The van der Waals surface area contributed by atoms with E-state index in [-0.39, 0.29) is 17.5 Å². The second kappa shape index (κ2) is 6.66. The molecular weight excluding hydrogens is 257 g/mol. The monoisotopic (exact) mass is 281 g/mol. The van der Waals surface area contributed by atoms with E-state index in [1.165, 1.54) is 6.07 Å². The maximum Gasteiger partial charge on any atom is 0.123 e. The minimum atomic E-state index is -0.342. The predicted molar refractivity (Wildman–Crippen MR) is 77.2 cm³/mol. The fraction of sp³-hybridized carbons (Fsp3) is 0.625. The van der Waals surface area contributed by atoms with Crippen LogP contribution in [0.15, 0.2) is 18.2 Å². The summed E-state index contributed by atoms with van der Waals surface area (Å²) in [6.45, 7) is 5.96. The van der Waals surface area contributed by atoms with Crippen molar-refractivity contribution >= 4 is 0 Å². The van der Waals surface area contributed by atoms with E-state index in [1.807, 2.05) is 13.8 Å². The number of aryl methyl sites for hydroxylation is 1. The first-order valence-electron chi connectivity index (χ1n) is 7.30. The van der Waals surface area contributed by atoms with Gasteiger partial charge in [-0.25, -0.2) is 4.39 Å². The van der Waals surface area contributed by atoms with E-state index in [0.29, 0.717) is 26.2 Å². The molecule has 1 saturated heterocycles. The van der Waals surface area contributed by atoms with Crippen LogP contribution in [0.1, 0.15) is 30.9 Å². The molecule has 1 aliphatic rings. The minimum absolute atomic E-state index is 0.146.